The van der Waals surface area contributed by atoms with E-state index in [2.05, 4.69) is 10.4 Å². The van der Waals surface area contributed by atoms with Gasteiger partial charge in [-0.05, 0) is 54.9 Å². The lowest BCUT2D eigenvalue weighted by molar-refractivity contribution is -0.122. The molecule has 2 aliphatic rings. The van der Waals surface area contributed by atoms with Crippen LogP contribution in [-0.4, -0.2) is 33.4 Å². The minimum absolute atomic E-state index is 0.0536. The van der Waals surface area contributed by atoms with Crippen molar-refractivity contribution >= 4 is 5.91 Å². The van der Waals surface area contributed by atoms with Gasteiger partial charge in [0.2, 0.25) is 5.91 Å². The van der Waals surface area contributed by atoms with Crippen molar-refractivity contribution in [1.82, 2.24) is 15.1 Å². The summed E-state index contributed by atoms with van der Waals surface area (Å²) in [6.45, 7) is 0.185. The number of carbonyl (C=O) groups is 1. The Balaban J connectivity index is 1.38. The average molecular weight is 325 g/mol. The first-order valence-electron chi connectivity index (χ1n) is 8.74. The van der Waals surface area contributed by atoms with Gasteiger partial charge < -0.3 is 10.4 Å². The molecule has 1 aromatic heterocycles. The van der Waals surface area contributed by atoms with E-state index in [1.165, 1.54) is 12.8 Å². The maximum atomic E-state index is 12.4. The molecule has 1 aromatic carbocycles. The fourth-order valence-electron chi connectivity index (χ4n) is 4.51. The summed E-state index contributed by atoms with van der Waals surface area (Å²) in [4.78, 5) is 12.4. The van der Waals surface area contributed by atoms with Gasteiger partial charge in [-0.25, -0.2) is 4.68 Å². The van der Waals surface area contributed by atoms with Gasteiger partial charge in [-0.3, -0.25) is 4.79 Å². The van der Waals surface area contributed by atoms with Crippen LogP contribution in [0.25, 0.3) is 5.69 Å². The lowest BCUT2D eigenvalue weighted by atomic mass is 9.85. The number of rotatable bonds is 5. The number of hydrogen-bond donors (Lipinski definition) is 2. The summed E-state index contributed by atoms with van der Waals surface area (Å²) in [7, 11) is 0. The van der Waals surface area contributed by atoms with Crippen molar-refractivity contribution in [3.05, 3.63) is 48.3 Å². The zero-order valence-electron chi connectivity index (χ0n) is 13.6. The summed E-state index contributed by atoms with van der Waals surface area (Å²) in [6.07, 6.45) is 7.57. The Bertz CT molecular complexity index is 696. The molecule has 5 heteroatoms. The summed E-state index contributed by atoms with van der Waals surface area (Å²) in [6, 6.07) is 9.94. The number of benzene rings is 1. The topological polar surface area (TPSA) is 67.2 Å². The number of hydrogen-bond acceptors (Lipinski definition) is 3. The number of aliphatic hydroxyl groups is 1. The molecule has 4 rings (SSSR count). The molecule has 2 aromatic rings. The molecule has 2 bridgehead atoms. The maximum absolute atomic E-state index is 12.4. The van der Waals surface area contributed by atoms with Crippen LogP contribution in [0.5, 0.6) is 0 Å². The molecule has 4 unspecified atom stereocenters. The number of aliphatic hydroxyl groups excluding tert-OH is 1. The lowest BCUT2D eigenvalue weighted by Crippen LogP contribution is -2.45. The maximum Gasteiger partial charge on any atom is 0.224 e. The molecular weight excluding hydrogens is 302 g/mol. The molecule has 4 atom stereocenters. The minimum Gasteiger partial charge on any atom is -0.396 e. The third-order valence-electron chi connectivity index (χ3n) is 5.70. The fraction of sp³-hybridized carbons (Fsp3) is 0.474. The predicted molar refractivity (Wildman–Crippen MR) is 90.6 cm³/mol. The summed E-state index contributed by atoms with van der Waals surface area (Å²) in [5.41, 5.74) is 1.98. The molecule has 2 fully saturated rings. The number of carbonyl (C=O) groups excluding carboxylic acids is 1. The molecule has 0 saturated heterocycles. The smallest absolute Gasteiger partial charge is 0.224 e. The van der Waals surface area contributed by atoms with E-state index in [0.717, 1.165) is 17.7 Å². The third-order valence-corrected chi connectivity index (χ3v) is 5.70. The Morgan fingerprint density at radius 2 is 2.04 bits per heavy atom. The Morgan fingerprint density at radius 1 is 1.25 bits per heavy atom. The highest BCUT2D eigenvalue weighted by molar-refractivity contribution is 5.79. The molecule has 2 saturated carbocycles. The molecule has 1 heterocycles. The van der Waals surface area contributed by atoms with Crippen LogP contribution in [0, 0.1) is 17.8 Å². The van der Waals surface area contributed by atoms with Crippen LogP contribution in [0.1, 0.15) is 24.8 Å². The van der Waals surface area contributed by atoms with Gasteiger partial charge in [0.1, 0.15) is 0 Å². The van der Waals surface area contributed by atoms with E-state index < -0.39 is 0 Å². The molecule has 5 nitrogen and oxygen atoms in total. The van der Waals surface area contributed by atoms with Gasteiger partial charge in [-0.2, -0.15) is 5.10 Å². The van der Waals surface area contributed by atoms with Gasteiger partial charge in [0.15, 0.2) is 0 Å². The van der Waals surface area contributed by atoms with Crippen LogP contribution in [0.2, 0.25) is 0 Å². The van der Waals surface area contributed by atoms with Crippen molar-refractivity contribution in [3.8, 4) is 5.69 Å². The van der Waals surface area contributed by atoms with E-state index in [1.54, 1.807) is 10.9 Å². The zero-order valence-corrected chi connectivity index (χ0v) is 13.6. The number of aromatic nitrogens is 2. The second kappa shape index (κ2) is 6.40. The molecule has 24 heavy (non-hydrogen) atoms. The highest BCUT2D eigenvalue weighted by Gasteiger charge is 2.47. The summed E-state index contributed by atoms with van der Waals surface area (Å²) < 4.78 is 1.80. The van der Waals surface area contributed by atoms with Gasteiger partial charge in [0.05, 0.1) is 12.1 Å². The van der Waals surface area contributed by atoms with E-state index in [4.69, 9.17) is 0 Å². The SMILES string of the molecule is O=C(Cc1ccc(-n2cccn2)cc1)NC1C2CCC(C2)C1CO. The number of nitrogens with zero attached hydrogens (tertiary/aromatic N) is 2. The molecule has 0 spiro atoms. The molecule has 0 radical (unpaired) electrons. The van der Waals surface area contributed by atoms with E-state index in [-0.39, 0.29) is 24.5 Å². The van der Waals surface area contributed by atoms with E-state index in [0.29, 0.717) is 18.3 Å². The second-order valence-electron chi connectivity index (χ2n) is 7.07. The fourth-order valence-corrected chi connectivity index (χ4v) is 4.51. The Labute approximate surface area is 141 Å². The van der Waals surface area contributed by atoms with Gasteiger partial charge in [-0.1, -0.05) is 12.1 Å². The molecule has 0 aliphatic heterocycles. The summed E-state index contributed by atoms with van der Waals surface area (Å²) in [5.74, 6) is 1.45. The van der Waals surface area contributed by atoms with Crippen molar-refractivity contribution in [1.29, 1.82) is 0 Å². The first-order valence-corrected chi connectivity index (χ1v) is 8.74. The van der Waals surface area contributed by atoms with Crippen molar-refractivity contribution < 1.29 is 9.90 Å². The molecule has 1 amide bonds. The van der Waals surface area contributed by atoms with Gasteiger partial charge in [-0.15, -0.1) is 0 Å². The van der Waals surface area contributed by atoms with E-state index in [9.17, 15) is 9.90 Å². The first kappa shape index (κ1) is 15.4. The van der Waals surface area contributed by atoms with Gasteiger partial charge in [0.25, 0.3) is 0 Å². The quantitative estimate of drug-likeness (QED) is 0.883. The van der Waals surface area contributed by atoms with Gasteiger partial charge in [0, 0.05) is 31.0 Å². The van der Waals surface area contributed by atoms with Gasteiger partial charge >= 0.3 is 0 Å². The molecular formula is C19H23N3O2. The summed E-state index contributed by atoms with van der Waals surface area (Å²) >= 11 is 0. The number of fused-ring (bicyclic) bond motifs is 2. The lowest BCUT2D eigenvalue weighted by Gasteiger charge is -2.30. The first-order chi connectivity index (χ1) is 11.7. The van der Waals surface area contributed by atoms with Crippen LogP contribution in [0.4, 0.5) is 0 Å². The van der Waals surface area contributed by atoms with Crippen LogP contribution in [-0.2, 0) is 11.2 Å². The third kappa shape index (κ3) is 2.84. The van der Waals surface area contributed by atoms with Crippen LogP contribution in [0.3, 0.4) is 0 Å². The van der Waals surface area contributed by atoms with Crippen molar-refractivity contribution in [3.63, 3.8) is 0 Å². The predicted octanol–water partition coefficient (Wildman–Crippen LogP) is 1.94. The highest BCUT2D eigenvalue weighted by atomic mass is 16.3. The zero-order chi connectivity index (χ0) is 16.5. The Hall–Kier alpha value is -2.14. The Kier molecular flexibility index (Phi) is 4.10. The monoisotopic (exact) mass is 325 g/mol. The summed E-state index contributed by atoms with van der Waals surface area (Å²) in [5, 5.41) is 17.0. The Morgan fingerprint density at radius 3 is 2.75 bits per heavy atom. The second-order valence-corrected chi connectivity index (χ2v) is 7.07. The van der Waals surface area contributed by atoms with Crippen molar-refractivity contribution in [2.24, 2.45) is 17.8 Å². The average Bonchev–Trinajstić information content (AvgIpc) is 3.33. The van der Waals surface area contributed by atoms with E-state index in [1.807, 2.05) is 36.5 Å². The van der Waals surface area contributed by atoms with Crippen molar-refractivity contribution in [2.75, 3.05) is 6.61 Å². The van der Waals surface area contributed by atoms with Crippen molar-refractivity contribution in [2.45, 2.75) is 31.7 Å². The number of amides is 1. The minimum atomic E-state index is 0.0536. The van der Waals surface area contributed by atoms with Crippen LogP contribution >= 0.6 is 0 Å². The molecule has 2 aliphatic carbocycles. The highest BCUT2D eigenvalue weighted by Crippen LogP contribution is 2.48. The van der Waals surface area contributed by atoms with Crippen LogP contribution < -0.4 is 5.32 Å². The molecule has 2 N–H and O–H groups in total. The normalized spacial score (nSPS) is 28.2. The van der Waals surface area contributed by atoms with Crippen LogP contribution in [0.15, 0.2) is 42.7 Å². The molecule has 126 valence electrons. The van der Waals surface area contributed by atoms with E-state index >= 15 is 0 Å². The largest absolute Gasteiger partial charge is 0.396 e. The number of nitrogens with one attached hydrogen (secondary N) is 1. The standard InChI is InChI=1S/C19H23N3O2/c23-12-17-14-4-5-15(11-14)19(17)21-18(24)10-13-2-6-16(7-3-13)22-9-1-8-20-22/h1-3,6-9,14-15,17,19,23H,4-5,10-12H2,(H,21,24).